The van der Waals surface area contributed by atoms with Gasteiger partial charge in [0.2, 0.25) is 0 Å². The maximum atomic E-state index is 11.1. The molecule has 18 heavy (non-hydrogen) atoms. The third-order valence-electron chi connectivity index (χ3n) is 1.84. The summed E-state index contributed by atoms with van der Waals surface area (Å²) in [6.45, 7) is 0. The van der Waals surface area contributed by atoms with Gasteiger partial charge in [-0.05, 0) is 30.4 Å². The molecule has 0 bridgehead atoms. The third kappa shape index (κ3) is 4.15. The third-order valence-corrected chi connectivity index (χ3v) is 3.81. The fraction of sp³-hybridized carbons (Fsp3) is 0. The van der Waals surface area contributed by atoms with E-state index in [4.69, 9.17) is 25.3 Å². The highest BCUT2D eigenvalue weighted by molar-refractivity contribution is 7.80. The Morgan fingerprint density at radius 3 is 1.72 bits per heavy atom. The number of anilines is 1. The number of hydrogen-bond donors (Lipinski definition) is 6. The monoisotopic (exact) mass is 312 g/mol. The molecule has 1 rings (SSSR count). The zero-order valence-corrected chi connectivity index (χ0v) is 11.3. The first-order valence-electron chi connectivity index (χ1n) is 4.34. The van der Waals surface area contributed by atoms with E-state index in [1.54, 1.807) is 0 Å². The molecule has 0 aliphatic rings. The summed E-state index contributed by atoms with van der Waals surface area (Å²) in [6.07, 6.45) is 0. The molecule has 0 heterocycles. The van der Waals surface area contributed by atoms with Gasteiger partial charge in [0, 0.05) is 5.69 Å². The smallest absolute Gasteiger partial charge is 0.356 e. The maximum absolute atomic E-state index is 11.1. The van der Waals surface area contributed by atoms with E-state index in [9.17, 15) is 9.13 Å². The van der Waals surface area contributed by atoms with Gasteiger partial charge in [-0.3, -0.25) is 9.13 Å². The molecule has 0 saturated heterocycles. The molecule has 11 heteroatoms. The predicted molar refractivity (Wildman–Crippen MR) is 70.2 cm³/mol. The first-order valence-corrected chi connectivity index (χ1v) is 7.97. The molecule has 0 aliphatic heterocycles. The molecule has 0 aromatic heterocycles. The lowest BCUT2D eigenvalue weighted by Gasteiger charge is -2.12. The standard InChI is InChI=1S/C7H10N2O6P2S/c8-7(18)9-4-1-5(16(10,11)12)3-6(2-4)17(13,14)15/h1-3H,(H3,8,9,18)(H2,10,11,12)(H2,13,14,15). The Hall–Kier alpha value is -0.790. The highest BCUT2D eigenvalue weighted by Gasteiger charge is 2.24. The molecule has 1 aromatic rings. The van der Waals surface area contributed by atoms with Crippen molar-refractivity contribution < 1.29 is 28.7 Å². The summed E-state index contributed by atoms with van der Waals surface area (Å²) in [4.78, 5) is 36.0. The van der Waals surface area contributed by atoms with Crippen LogP contribution < -0.4 is 21.7 Å². The Balaban J connectivity index is 3.43. The van der Waals surface area contributed by atoms with E-state index in [1.165, 1.54) is 0 Å². The van der Waals surface area contributed by atoms with Gasteiger partial charge in [-0.1, -0.05) is 0 Å². The molecule has 8 nitrogen and oxygen atoms in total. The van der Waals surface area contributed by atoms with E-state index in [1.807, 2.05) is 0 Å². The van der Waals surface area contributed by atoms with Crippen LogP contribution in [0.3, 0.4) is 0 Å². The van der Waals surface area contributed by atoms with Gasteiger partial charge in [0.25, 0.3) is 0 Å². The highest BCUT2D eigenvalue weighted by Crippen LogP contribution is 2.38. The van der Waals surface area contributed by atoms with Crippen LogP contribution in [0.4, 0.5) is 5.69 Å². The molecule has 1 aromatic carbocycles. The number of rotatable bonds is 3. The van der Waals surface area contributed by atoms with Crippen molar-refractivity contribution in [1.29, 1.82) is 0 Å². The van der Waals surface area contributed by atoms with Gasteiger partial charge in [-0.2, -0.15) is 0 Å². The van der Waals surface area contributed by atoms with E-state index in [0.29, 0.717) is 0 Å². The summed E-state index contributed by atoms with van der Waals surface area (Å²) in [5.74, 6) is 0. The van der Waals surface area contributed by atoms with E-state index in [0.717, 1.165) is 18.2 Å². The second-order valence-electron chi connectivity index (χ2n) is 3.32. The van der Waals surface area contributed by atoms with E-state index in [-0.39, 0.29) is 10.8 Å². The van der Waals surface area contributed by atoms with E-state index >= 15 is 0 Å². The Bertz CT molecular complexity index is 539. The van der Waals surface area contributed by atoms with E-state index in [2.05, 4.69) is 17.5 Å². The molecule has 0 fully saturated rings. The number of thiocarbonyl (C=S) groups is 1. The zero-order chi connectivity index (χ0) is 14.1. The van der Waals surface area contributed by atoms with Gasteiger partial charge in [-0.15, -0.1) is 0 Å². The largest absolute Gasteiger partial charge is 0.376 e. The lowest BCUT2D eigenvalue weighted by Crippen LogP contribution is -2.22. The molecule has 0 saturated carbocycles. The molecule has 7 N–H and O–H groups in total. The van der Waals surface area contributed by atoms with Crippen LogP contribution in [0.15, 0.2) is 18.2 Å². The quantitative estimate of drug-likeness (QED) is 0.303. The SMILES string of the molecule is NC(=S)Nc1cc(P(=O)(O)O)cc(P(=O)(O)O)c1. The molecular weight excluding hydrogens is 302 g/mol. The first kappa shape index (κ1) is 15.3. The number of nitrogens with two attached hydrogens (primary N) is 1. The fourth-order valence-electron chi connectivity index (χ4n) is 1.15. The lowest BCUT2D eigenvalue weighted by molar-refractivity contribution is 0.386. The van der Waals surface area contributed by atoms with Gasteiger partial charge in [0.1, 0.15) is 0 Å². The zero-order valence-electron chi connectivity index (χ0n) is 8.72. The normalized spacial score (nSPS) is 12.2. The fourth-order valence-corrected chi connectivity index (χ4v) is 2.59. The molecule has 0 atom stereocenters. The highest BCUT2D eigenvalue weighted by atomic mass is 32.1. The molecule has 0 aliphatic carbocycles. The number of hydrogen-bond acceptors (Lipinski definition) is 3. The van der Waals surface area contributed by atoms with Crippen LogP contribution >= 0.6 is 27.4 Å². The second-order valence-corrected chi connectivity index (χ2v) is 6.96. The van der Waals surface area contributed by atoms with Gasteiger partial charge in [0.05, 0.1) is 10.6 Å². The van der Waals surface area contributed by atoms with Crippen molar-refractivity contribution in [3.05, 3.63) is 18.2 Å². The molecule has 0 unspecified atom stereocenters. The Morgan fingerprint density at radius 2 is 1.44 bits per heavy atom. The number of nitrogens with one attached hydrogen (secondary N) is 1. The topological polar surface area (TPSA) is 153 Å². The average Bonchev–Trinajstić information content (AvgIpc) is 2.13. The minimum Gasteiger partial charge on any atom is -0.376 e. The van der Waals surface area contributed by atoms with Crippen molar-refractivity contribution in [2.24, 2.45) is 5.73 Å². The summed E-state index contributed by atoms with van der Waals surface area (Å²) >= 11 is 4.53. The van der Waals surface area contributed by atoms with Crippen molar-refractivity contribution in [3.63, 3.8) is 0 Å². The number of benzene rings is 1. The summed E-state index contributed by atoms with van der Waals surface area (Å²) < 4.78 is 22.2. The molecule has 0 spiro atoms. The second kappa shape index (κ2) is 5.07. The van der Waals surface area contributed by atoms with E-state index < -0.39 is 25.8 Å². The first-order chi connectivity index (χ1) is 8.00. The summed E-state index contributed by atoms with van der Waals surface area (Å²) in [7, 11) is -9.30. The van der Waals surface area contributed by atoms with Crippen molar-refractivity contribution in [1.82, 2.24) is 0 Å². The molecule has 0 radical (unpaired) electrons. The summed E-state index contributed by atoms with van der Waals surface area (Å²) in [5.41, 5.74) is 5.16. The van der Waals surface area contributed by atoms with Crippen molar-refractivity contribution in [3.8, 4) is 0 Å². The minimum atomic E-state index is -4.65. The van der Waals surface area contributed by atoms with Crippen molar-refractivity contribution in [2.45, 2.75) is 0 Å². The van der Waals surface area contributed by atoms with Crippen molar-refractivity contribution in [2.75, 3.05) is 5.32 Å². The molecule has 0 amide bonds. The van der Waals surface area contributed by atoms with Crippen LogP contribution in [0.5, 0.6) is 0 Å². The van der Waals surface area contributed by atoms with Gasteiger partial charge in [-0.25, -0.2) is 0 Å². The maximum Gasteiger partial charge on any atom is 0.356 e. The van der Waals surface area contributed by atoms with Gasteiger partial charge >= 0.3 is 15.2 Å². The molecule has 100 valence electrons. The van der Waals surface area contributed by atoms with Gasteiger partial charge in [0.15, 0.2) is 5.11 Å². The van der Waals surface area contributed by atoms with Crippen LogP contribution in [-0.2, 0) is 9.13 Å². The van der Waals surface area contributed by atoms with Crippen LogP contribution in [0.25, 0.3) is 0 Å². The Kier molecular flexibility index (Phi) is 4.30. The van der Waals surface area contributed by atoms with Crippen LogP contribution in [0.2, 0.25) is 0 Å². The molecular formula is C7H10N2O6P2S. The van der Waals surface area contributed by atoms with Crippen LogP contribution in [-0.4, -0.2) is 24.7 Å². The van der Waals surface area contributed by atoms with Crippen molar-refractivity contribution >= 4 is 48.8 Å². The lowest BCUT2D eigenvalue weighted by atomic mass is 10.3. The summed E-state index contributed by atoms with van der Waals surface area (Å²) in [5, 5.41) is 1.07. The predicted octanol–water partition coefficient (Wildman–Crippen LogP) is -1.05. The Labute approximate surface area is 107 Å². The Morgan fingerprint density at radius 1 is 1.06 bits per heavy atom. The van der Waals surface area contributed by atoms with Crippen LogP contribution in [0.1, 0.15) is 0 Å². The average molecular weight is 312 g/mol. The van der Waals surface area contributed by atoms with Crippen LogP contribution in [0, 0.1) is 0 Å². The van der Waals surface area contributed by atoms with Gasteiger partial charge < -0.3 is 30.6 Å². The minimum absolute atomic E-state index is 0.0124. The summed E-state index contributed by atoms with van der Waals surface area (Å²) in [6, 6.07) is 2.77.